The third-order valence-electron chi connectivity index (χ3n) is 0. The number of hydrogen-bond donors (Lipinski definition) is 0. The monoisotopic (exact) mass is 258 g/mol. The number of rotatable bonds is 0. The van der Waals surface area contributed by atoms with Crippen LogP contribution in [0.15, 0.2) is 0 Å². The summed E-state index contributed by atoms with van der Waals surface area (Å²) in [7, 11) is 0. The van der Waals surface area contributed by atoms with Gasteiger partial charge in [0.15, 0.2) is 0 Å². The molecule has 2 radical (unpaired) electrons. The molecule has 0 heterocycles. The molecule has 0 rings (SSSR count). The van der Waals surface area contributed by atoms with E-state index in [1.807, 2.05) is 0 Å². The number of hydrogen-bond acceptors (Lipinski definition) is 0. The zero-order valence-corrected chi connectivity index (χ0v) is 3.92. The van der Waals surface area contributed by atoms with Crippen molar-refractivity contribution in [2.24, 2.45) is 0 Å². The van der Waals surface area contributed by atoms with Crippen molar-refractivity contribution in [2.45, 2.75) is 0 Å². The van der Waals surface area contributed by atoms with Crippen molar-refractivity contribution in [3.63, 3.8) is 0 Å². The summed E-state index contributed by atoms with van der Waals surface area (Å²) >= 11 is 0. The van der Waals surface area contributed by atoms with E-state index in [0.29, 0.717) is 0 Å². The maximum Gasteiger partial charge on any atom is 0 e. The zero-order chi connectivity index (χ0) is 0. The molecule has 0 unspecified atom stereocenters. The Bertz CT molecular complexity index is 8.00. The van der Waals surface area contributed by atoms with Crippen molar-refractivity contribution in [1.82, 2.24) is 0 Å². The van der Waals surface area contributed by atoms with Crippen molar-refractivity contribution in [1.29, 1.82) is 0 Å². The molecule has 0 aliphatic heterocycles. The van der Waals surface area contributed by atoms with Crippen LogP contribution in [0.1, 0.15) is 0 Å². The molecule has 0 amide bonds. The van der Waals surface area contributed by atoms with Gasteiger partial charge >= 0.3 is 17.6 Å². The third-order valence-corrected chi connectivity index (χ3v) is 0. The molecule has 4 heteroatoms. The van der Waals surface area contributed by atoms with E-state index in [2.05, 4.69) is 0 Å². The maximum atomic E-state index is 0. The van der Waals surface area contributed by atoms with Crippen molar-refractivity contribution in [2.75, 3.05) is 0 Å². The largest absolute Gasteiger partial charge is 0 e. The van der Waals surface area contributed by atoms with Crippen LogP contribution in [0.2, 0.25) is 0 Å². The van der Waals surface area contributed by atoms with Gasteiger partial charge in [0.05, 0.1) is 0 Å². The summed E-state index contributed by atoms with van der Waals surface area (Å²) < 4.78 is 0. The molecule has 4 heavy (non-hydrogen) atoms. The van der Waals surface area contributed by atoms with Crippen molar-refractivity contribution >= 4 is 17.6 Å². The molecule has 0 fully saturated rings. The fraction of sp³-hybridized carbons (Fsp3) is 0. The smallest absolute Gasteiger partial charge is 0 e. The van der Waals surface area contributed by atoms with E-state index in [9.17, 15) is 0 Å². The van der Waals surface area contributed by atoms with Crippen molar-refractivity contribution < 1.29 is 50.3 Å². The van der Waals surface area contributed by atoms with Gasteiger partial charge in [-0.2, -0.15) is 0 Å². The first-order chi connectivity index (χ1) is 0. The van der Waals surface area contributed by atoms with Crippen LogP contribution in [0.5, 0.6) is 0 Å². The first kappa shape index (κ1) is 36.5. The minimum atomic E-state index is 0. The second-order valence-corrected chi connectivity index (χ2v) is 0. The summed E-state index contributed by atoms with van der Waals surface area (Å²) in [6.07, 6.45) is 0. The summed E-state index contributed by atoms with van der Waals surface area (Å²) in [5.41, 5.74) is 0. The normalized spacial score (nSPS) is 0. The molecular formula is H4CoCuGeNi. The fourth-order valence-corrected chi connectivity index (χ4v) is 0. The van der Waals surface area contributed by atoms with Gasteiger partial charge in [-0.15, -0.1) is 0 Å². The molecular weight excluding hydrogens is 254 g/mol. The van der Waals surface area contributed by atoms with Gasteiger partial charge in [0.2, 0.25) is 0 Å². The van der Waals surface area contributed by atoms with Gasteiger partial charge in [-0.25, -0.2) is 0 Å². The molecule has 0 aromatic rings. The Hall–Kier alpha value is 2.06. The SMILES string of the molecule is [Co].[Cu].[GeH4].[Ni]. The molecule has 38 valence electrons. The van der Waals surface area contributed by atoms with Crippen LogP contribution in [0.4, 0.5) is 0 Å². The average molecular weight is 258 g/mol. The second kappa shape index (κ2) is 19.6. The predicted octanol–water partition coefficient (Wildman–Crippen LogP) is -1.46. The first-order valence-electron chi connectivity index (χ1n) is 0. The van der Waals surface area contributed by atoms with E-state index >= 15 is 0 Å². The minimum Gasteiger partial charge on any atom is 0 e. The Kier molecular flexibility index (Phi) is 179. The summed E-state index contributed by atoms with van der Waals surface area (Å²) in [6, 6.07) is 0. The van der Waals surface area contributed by atoms with Crippen LogP contribution in [-0.4, -0.2) is 17.6 Å². The van der Waals surface area contributed by atoms with Crippen molar-refractivity contribution in [3.8, 4) is 0 Å². The Morgan fingerprint density at radius 1 is 1.00 bits per heavy atom. The van der Waals surface area contributed by atoms with Crippen LogP contribution in [0.25, 0.3) is 0 Å². The first-order valence-corrected chi connectivity index (χ1v) is 0. The molecule has 0 atom stereocenters. The van der Waals surface area contributed by atoms with Crippen LogP contribution >= 0.6 is 0 Å². The standard InChI is InChI=1S/Co.Cu.GeH4.Ni/h;;1H4;. The molecule has 0 aromatic heterocycles. The van der Waals surface area contributed by atoms with Crippen LogP contribution in [-0.2, 0) is 50.3 Å². The summed E-state index contributed by atoms with van der Waals surface area (Å²) in [4.78, 5) is 0. The molecule has 0 aliphatic carbocycles. The molecule has 0 N–H and O–H groups in total. The van der Waals surface area contributed by atoms with Crippen molar-refractivity contribution in [3.05, 3.63) is 0 Å². The predicted molar refractivity (Wildman–Crippen MR) is 11.3 cm³/mol. The Morgan fingerprint density at radius 3 is 1.00 bits per heavy atom. The van der Waals surface area contributed by atoms with Gasteiger partial charge < -0.3 is 0 Å². The summed E-state index contributed by atoms with van der Waals surface area (Å²) in [5.74, 6) is 0. The average Bonchev–Trinajstić information content (AvgIpc) is 0. The summed E-state index contributed by atoms with van der Waals surface area (Å²) in [6.45, 7) is 0. The van der Waals surface area contributed by atoms with E-state index in [1.54, 1.807) is 0 Å². The molecule has 0 aliphatic rings. The zero-order valence-electron chi connectivity index (χ0n) is 0.951. The van der Waals surface area contributed by atoms with Gasteiger partial charge in [-0.3, -0.25) is 0 Å². The maximum absolute atomic E-state index is 0. The fourth-order valence-electron chi connectivity index (χ4n) is 0. The van der Waals surface area contributed by atoms with Gasteiger partial charge in [-0.1, -0.05) is 0 Å². The summed E-state index contributed by atoms with van der Waals surface area (Å²) in [5, 5.41) is 0. The van der Waals surface area contributed by atoms with Gasteiger partial charge in [0.1, 0.15) is 0 Å². The van der Waals surface area contributed by atoms with E-state index in [4.69, 9.17) is 0 Å². The Labute approximate surface area is 67.4 Å². The Balaban J connectivity index is 0. The van der Waals surface area contributed by atoms with Gasteiger partial charge in [0.25, 0.3) is 0 Å². The molecule has 0 nitrogen and oxygen atoms in total. The molecule has 0 spiro atoms. The third kappa shape index (κ3) is 8.96. The van der Waals surface area contributed by atoms with Crippen LogP contribution in [0.3, 0.4) is 0 Å². The second-order valence-electron chi connectivity index (χ2n) is 0. The van der Waals surface area contributed by atoms with Gasteiger partial charge in [0, 0.05) is 50.3 Å². The van der Waals surface area contributed by atoms with E-state index in [1.165, 1.54) is 0 Å². The van der Waals surface area contributed by atoms with E-state index in [-0.39, 0.29) is 67.9 Å². The molecule has 0 saturated heterocycles. The van der Waals surface area contributed by atoms with Gasteiger partial charge in [-0.05, 0) is 0 Å². The topological polar surface area (TPSA) is 0 Å². The Morgan fingerprint density at radius 2 is 1.00 bits per heavy atom. The van der Waals surface area contributed by atoms with E-state index < -0.39 is 0 Å². The molecule has 0 saturated carbocycles. The minimum absolute atomic E-state index is 0. The van der Waals surface area contributed by atoms with E-state index in [0.717, 1.165) is 0 Å². The van der Waals surface area contributed by atoms with Crippen LogP contribution in [0, 0.1) is 0 Å². The quantitative estimate of drug-likeness (QED) is 0.466. The molecule has 0 bridgehead atoms. The molecule has 0 aromatic carbocycles. The van der Waals surface area contributed by atoms with Crippen LogP contribution < -0.4 is 0 Å².